The van der Waals surface area contributed by atoms with E-state index in [0.717, 1.165) is 39.1 Å². The van der Waals surface area contributed by atoms with E-state index >= 15 is 0 Å². The summed E-state index contributed by atoms with van der Waals surface area (Å²) in [6.45, 7) is 9.20. The van der Waals surface area contributed by atoms with E-state index in [1.54, 1.807) is 0 Å². The van der Waals surface area contributed by atoms with Gasteiger partial charge in [-0.05, 0) is 19.3 Å². The summed E-state index contributed by atoms with van der Waals surface area (Å²) in [6, 6.07) is 0. The van der Waals surface area contributed by atoms with E-state index in [4.69, 9.17) is 14.0 Å². The Hall–Kier alpha value is 0.945. The van der Waals surface area contributed by atoms with Crippen LogP contribution in [-0.2, 0) is 14.0 Å². The van der Waals surface area contributed by atoms with Crippen LogP contribution in [0.5, 0.6) is 0 Å². The van der Waals surface area contributed by atoms with Gasteiger partial charge in [-0.3, -0.25) is 0 Å². The van der Waals surface area contributed by atoms with Crippen LogP contribution in [0.1, 0.15) is 292 Å². The van der Waals surface area contributed by atoms with Crippen LogP contribution < -0.4 is 29.6 Å². The molecular weight excluding hydrogens is 658 g/mol. The maximum atomic E-state index is 6.14. The smallest absolute Gasteiger partial charge is 1.00 e. The molecule has 0 saturated heterocycles. The van der Waals surface area contributed by atoms with Gasteiger partial charge in [0, 0.05) is 19.8 Å². The molecule has 0 saturated carbocycles. The van der Waals surface area contributed by atoms with Gasteiger partial charge in [-0.1, -0.05) is 271 Å². The molecule has 0 heterocycles. The van der Waals surface area contributed by atoms with Crippen molar-refractivity contribution >= 4 is 7.32 Å². The summed E-state index contributed by atoms with van der Waals surface area (Å²) in [6.07, 6.45) is 58.2. The van der Waals surface area contributed by atoms with Crippen LogP contribution in [0.4, 0.5) is 0 Å². The van der Waals surface area contributed by atoms with E-state index in [-0.39, 0.29) is 31.0 Å². The summed E-state index contributed by atoms with van der Waals surface area (Å²) in [5.41, 5.74) is 0. The molecule has 3 nitrogen and oxygen atoms in total. The standard InChI is InChI=1S/C48H99BO3.Na.H/c1-4-7-10-13-16-19-22-25-28-31-34-37-40-43-46-50-49(51-47-44-41-38-35-32-29-26-23-20-17-14-11-8-5-2)52-48-45-42-39-36-33-30-27-24-21-18-15-12-9-6-3;;/h4-48H2,1-3H3;;/q;+1;-1. The first-order valence-corrected chi connectivity index (χ1v) is 24.7. The second-order valence-corrected chi connectivity index (χ2v) is 16.7. The van der Waals surface area contributed by atoms with Crippen LogP contribution in [0.25, 0.3) is 0 Å². The molecule has 0 aromatic heterocycles. The minimum atomic E-state index is -0.467. The maximum absolute atomic E-state index is 6.14. The SMILES string of the molecule is CCCCCCCCCCCCCCCCOB(OCCCCCCCCCCCCCCCC)OCCCCCCCCCCCCCCCC.[H-].[Na+]. The molecule has 0 atom stereocenters. The Kier molecular flexibility index (Phi) is 56.0. The Labute approximate surface area is 360 Å². The van der Waals surface area contributed by atoms with Gasteiger partial charge in [0.25, 0.3) is 0 Å². The molecule has 0 spiro atoms. The van der Waals surface area contributed by atoms with E-state index in [0.29, 0.717) is 0 Å². The van der Waals surface area contributed by atoms with Crippen LogP contribution in [-0.4, -0.2) is 27.1 Å². The van der Waals surface area contributed by atoms with Gasteiger partial charge >= 0.3 is 36.9 Å². The van der Waals surface area contributed by atoms with Gasteiger partial charge < -0.3 is 15.4 Å². The van der Waals surface area contributed by atoms with Crippen molar-refractivity contribution in [2.75, 3.05) is 19.8 Å². The molecule has 0 bridgehead atoms. The predicted octanol–water partition coefficient (Wildman–Crippen LogP) is 14.6. The summed E-state index contributed by atoms with van der Waals surface area (Å²) in [4.78, 5) is 0. The molecule has 0 fully saturated rings. The average Bonchev–Trinajstić information content (AvgIpc) is 3.15. The van der Waals surface area contributed by atoms with Gasteiger partial charge in [0.1, 0.15) is 0 Å². The maximum Gasteiger partial charge on any atom is 1.00 e. The quantitative estimate of drug-likeness (QED) is 0.0457. The van der Waals surface area contributed by atoms with Gasteiger partial charge in [-0.25, -0.2) is 0 Å². The fourth-order valence-corrected chi connectivity index (χ4v) is 7.57. The van der Waals surface area contributed by atoms with Crippen molar-refractivity contribution in [2.45, 2.75) is 290 Å². The van der Waals surface area contributed by atoms with Crippen molar-refractivity contribution < 1.29 is 44.9 Å². The molecule has 0 aromatic carbocycles. The van der Waals surface area contributed by atoms with E-state index < -0.39 is 7.32 Å². The zero-order valence-electron chi connectivity index (χ0n) is 38.6. The molecule has 53 heavy (non-hydrogen) atoms. The molecule has 0 aliphatic carbocycles. The fourth-order valence-electron chi connectivity index (χ4n) is 7.57. The van der Waals surface area contributed by atoms with Gasteiger partial charge in [0.15, 0.2) is 0 Å². The van der Waals surface area contributed by atoms with Crippen molar-refractivity contribution in [3.8, 4) is 0 Å². The minimum absolute atomic E-state index is 0. The molecular formula is C48H100BNaO3. The Balaban J connectivity index is -0.0000130. The summed E-state index contributed by atoms with van der Waals surface area (Å²) in [7, 11) is -0.467. The summed E-state index contributed by atoms with van der Waals surface area (Å²) >= 11 is 0. The topological polar surface area (TPSA) is 27.7 Å². The molecule has 0 radical (unpaired) electrons. The van der Waals surface area contributed by atoms with Crippen molar-refractivity contribution in [2.24, 2.45) is 0 Å². The number of hydrogen-bond donors (Lipinski definition) is 0. The van der Waals surface area contributed by atoms with Crippen molar-refractivity contribution in [1.82, 2.24) is 0 Å². The van der Waals surface area contributed by atoms with Crippen LogP contribution in [0.3, 0.4) is 0 Å². The Morgan fingerprint density at radius 3 is 0.509 bits per heavy atom. The van der Waals surface area contributed by atoms with Crippen LogP contribution >= 0.6 is 0 Å². The largest absolute Gasteiger partial charge is 1.00 e. The first kappa shape index (κ1) is 56.0. The van der Waals surface area contributed by atoms with Gasteiger partial charge in [-0.15, -0.1) is 0 Å². The Morgan fingerprint density at radius 1 is 0.226 bits per heavy atom. The van der Waals surface area contributed by atoms with Crippen molar-refractivity contribution in [3.63, 3.8) is 0 Å². The molecule has 314 valence electrons. The third-order valence-electron chi connectivity index (χ3n) is 11.3. The van der Waals surface area contributed by atoms with E-state index in [9.17, 15) is 0 Å². The second kappa shape index (κ2) is 52.9. The second-order valence-electron chi connectivity index (χ2n) is 16.7. The average molecular weight is 759 g/mol. The zero-order chi connectivity index (χ0) is 37.5. The first-order valence-electron chi connectivity index (χ1n) is 24.7. The van der Waals surface area contributed by atoms with E-state index in [2.05, 4.69) is 20.8 Å². The van der Waals surface area contributed by atoms with Gasteiger partial charge in [-0.2, -0.15) is 0 Å². The molecule has 0 unspecified atom stereocenters. The molecule has 0 aliphatic heterocycles. The third-order valence-corrected chi connectivity index (χ3v) is 11.3. The Morgan fingerprint density at radius 2 is 0.358 bits per heavy atom. The molecule has 5 heteroatoms. The predicted molar refractivity (Wildman–Crippen MR) is 236 cm³/mol. The van der Waals surface area contributed by atoms with Gasteiger partial charge in [0.05, 0.1) is 0 Å². The molecule has 0 aliphatic rings. The fraction of sp³-hybridized carbons (Fsp3) is 1.00. The van der Waals surface area contributed by atoms with E-state index in [1.165, 1.54) is 250 Å². The number of rotatable bonds is 48. The van der Waals surface area contributed by atoms with E-state index in [1.807, 2.05) is 0 Å². The van der Waals surface area contributed by atoms with Crippen molar-refractivity contribution in [3.05, 3.63) is 0 Å². The van der Waals surface area contributed by atoms with Crippen LogP contribution in [0.15, 0.2) is 0 Å². The molecule has 0 rings (SSSR count). The normalized spacial score (nSPS) is 11.4. The Bertz CT molecular complexity index is 536. The summed E-state index contributed by atoms with van der Waals surface area (Å²) in [5.74, 6) is 0. The minimum Gasteiger partial charge on any atom is -1.00 e. The van der Waals surface area contributed by atoms with Crippen molar-refractivity contribution in [1.29, 1.82) is 0 Å². The first-order chi connectivity index (χ1) is 25.8. The third kappa shape index (κ3) is 50.9. The zero-order valence-corrected chi connectivity index (χ0v) is 39.6. The summed E-state index contributed by atoms with van der Waals surface area (Å²) in [5, 5.41) is 0. The summed E-state index contributed by atoms with van der Waals surface area (Å²) < 4.78 is 18.4. The molecule has 0 aromatic rings. The van der Waals surface area contributed by atoms with Crippen LogP contribution in [0.2, 0.25) is 0 Å². The molecule has 0 amide bonds. The van der Waals surface area contributed by atoms with Crippen LogP contribution in [0, 0.1) is 0 Å². The molecule has 0 N–H and O–H groups in total. The number of unbranched alkanes of at least 4 members (excludes halogenated alkanes) is 39. The monoisotopic (exact) mass is 759 g/mol. The van der Waals surface area contributed by atoms with Gasteiger partial charge in [0.2, 0.25) is 0 Å². The number of hydrogen-bond acceptors (Lipinski definition) is 3.